The first-order chi connectivity index (χ1) is 8.73. The first-order valence-electron chi connectivity index (χ1n) is 5.73. The molecule has 0 spiro atoms. The number of hydrogen-bond acceptors (Lipinski definition) is 6. The first-order valence-corrected chi connectivity index (χ1v) is 5.73. The molecule has 1 aliphatic heterocycles. The molecule has 98 valence electrons. The van der Waals surface area contributed by atoms with E-state index in [4.69, 9.17) is 0 Å². The summed E-state index contributed by atoms with van der Waals surface area (Å²) in [5.74, 6) is 0.436. The Balaban J connectivity index is 2.11. The minimum Gasteiger partial charge on any atom is -0.394 e. The monoisotopic (exact) mass is 251 g/mol. The molecular weight excluding hydrogens is 234 g/mol. The lowest BCUT2D eigenvalue weighted by atomic mass is 10.0. The lowest BCUT2D eigenvalue weighted by Gasteiger charge is -2.32. The maximum Gasteiger partial charge on any atom is 0.196 e. The molecular formula is C12H17N3O3. The quantitative estimate of drug-likeness (QED) is 0.486. The number of fused-ring (bicyclic) bond motifs is 1. The summed E-state index contributed by atoms with van der Waals surface area (Å²) in [5.41, 5.74) is 0.835. The van der Waals surface area contributed by atoms with Crippen LogP contribution >= 0.6 is 0 Å². The molecule has 0 saturated carbocycles. The average molecular weight is 251 g/mol. The Morgan fingerprint density at radius 3 is 2.50 bits per heavy atom. The Hall–Kier alpha value is -1.63. The number of aliphatic hydroxyl groups is 3. The summed E-state index contributed by atoms with van der Waals surface area (Å²) in [4.78, 5) is 4.26. The normalized spacial score (nSPS) is 14.5. The van der Waals surface area contributed by atoms with Crippen LogP contribution in [0, 0.1) is 0 Å². The highest BCUT2D eigenvalue weighted by Crippen LogP contribution is 2.19. The van der Waals surface area contributed by atoms with Crippen molar-refractivity contribution >= 4 is 11.6 Å². The van der Waals surface area contributed by atoms with Gasteiger partial charge in [0.2, 0.25) is 0 Å². The van der Waals surface area contributed by atoms with E-state index in [-0.39, 0.29) is 19.8 Å². The maximum absolute atomic E-state index is 9.24. The Morgan fingerprint density at radius 1 is 1.17 bits per heavy atom. The molecule has 0 amide bonds. The summed E-state index contributed by atoms with van der Waals surface area (Å²) < 4.78 is 0. The fourth-order valence-electron chi connectivity index (χ4n) is 1.70. The van der Waals surface area contributed by atoms with Gasteiger partial charge in [0.25, 0.3) is 0 Å². The van der Waals surface area contributed by atoms with Crippen molar-refractivity contribution in [3.05, 3.63) is 29.8 Å². The molecule has 6 nitrogen and oxygen atoms in total. The summed E-state index contributed by atoms with van der Waals surface area (Å²) in [7, 11) is 0. The number of rotatable bonds is 4. The number of anilines is 1. The van der Waals surface area contributed by atoms with Crippen LogP contribution in [-0.2, 0) is 6.54 Å². The van der Waals surface area contributed by atoms with Crippen molar-refractivity contribution in [2.24, 2.45) is 4.99 Å². The molecule has 1 aliphatic rings. The van der Waals surface area contributed by atoms with E-state index in [2.05, 4.69) is 15.6 Å². The molecule has 0 fully saturated rings. The molecule has 1 heterocycles. The summed E-state index contributed by atoms with van der Waals surface area (Å²) >= 11 is 0. The standard InChI is InChI=1S/C12H17N3O3/c16-6-12(7-17,8-18)15-11-13-5-9-3-1-2-4-10(9)14-11/h1-4,16-18H,5-8H2,(H2,13,14,15). The molecule has 0 saturated heterocycles. The summed E-state index contributed by atoms with van der Waals surface area (Å²) in [6.45, 7) is -0.642. The van der Waals surface area contributed by atoms with Gasteiger partial charge in [0.15, 0.2) is 5.96 Å². The fraction of sp³-hybridized carbons (Fsp3) is 0.417. The number of benzene rings is 1. The molecule has 0 unspecified atom stereocenters. The van der Waals surface area contributed by atoms with Gasteiger partial charge < -0.3 is 26.0 Å². The molecule has 0 radical (unpaired) electrons. The molecule has 1 aromatic rings. The Morgan fingerprint density at radius 2 is 1.83 bits per heavy atom. The number of guanidine groups is 1. The summed E-state index contributed by atoms with van der Waals surface area (Å²) in [6.07, 6.45) is 0. The number of nitrogens with zero attached hydrogens (tertiary/aromatic N) is 1. The Labute approximate surface area is 105 Å². The van der Waals surface area contributed by atoms with Gasteiger partial charge in [-0.05, 0) is 11.6 Å². The van der Waals surface area contributed by atoms with Gasteiger partial charge in [0, 0.05) is 5.69 Å². The van der Waals surface area contributed by atoms with E-state index in [0.29, 0.717) is 12.5 Å². The van der Waals surface area contributed by atoms with E-state index in [0.717, 1.165) is 11.3 Å². The largest absolute Gasteiger partial charge is 0.394 e. The van der Waals surface area contributed by atoms with E-state index >= 15 is 0 Å². The zero-order valence-electron chi connectivity index (χ0n) is 9.93. The molecule has 1 aromatic carbocycles. The highest BCUT2D eigenvalue weighted by molar-refractivity contribution is 5.96. The molecule has 0 atom stereocenters. The van der Waals surface area contributed by atoms with Gasteiger partial charge in [0.1, 0.15) is 5.54 Å². The minimum atomic E-state index is -1.17. The van der Waals surface area contributed by atoms with Crippen molar-refractivity contribution in [3.8, 4) is 0 Å². The van der Waals surface area contributed by atoms with E-state index in [1.807, 2.05) is 24.3 Å². The van der Waals surface area contributed by atoms with Crippen molar-refractivity contribution in [2.45, 2.75) is 12.1 Å². The molecule has 0 aromatic heterocycles. The van der Waals surface area contributed by atoms with Gasteiger partial charge in [-0.2, -0.15) is 0 Å². The topological polar surface area (TPSA) is 97.1 Å². The maximum atomic E-state index is 9.24. The third-order valence-corrected chi connectivity index (χ3v) is 2.97. The number of aliphatic imine (C=N–C) groups is 1. The zero-order valence-corrected chi connectivity index (χ0v) is 9.93. The van der Waals surface area contributed by atoms with E-state index < -0.39 is 5.54 Å². The predicted molar refractivity (Wildman–Crippen MR) is 68.3 cm³/mol. The zero-order chi connectivity index (χ0) is 13.0. The van der Waals surface area contributed by atoms with Crippen LogP contribution in [0.3, 0.4) is 0 Å². The van der Waals surface area contributed by atoms with Gasteiger partial charge in [-0.3, -0.25) is 0 Å². The molecule has 18 heavy (non-hydrogen) atoms. The second-order valence-electron chi connectivity index (χ2n) is 4.33. The van der Waals surface area contributed by atoms with Crippen LogP contribution in [0.4, 0.5) is 5.69 Å². The van der Waals surface area contributed by atoms with Gasteiger partial charge >= 0.3 is 0 Å². The molecule has 5 N–H and O–H groups in total. The highest BCUT2D eigenvalue weighted by atomic mass is 16.3. The Kier molecular flexibility index (Phi) is 3.81. The lowest BCUT2D eigenvalue weighted by molar-refractivity contribution is 0.0557. The van der Waals surface area contributed by atoms with Crippen LogP contribution in [0.25, 0.3) is 0 Å². The Bertz CT molecular complexity index is 436. The number of hydrogen-bond donors (Lipinski definition) is 5. The van der Waals surface area contributed by atoms with Gasteiger partial charge in [0.05, 0.1) is 26.4 Å². The van der Waals surface area contributed by atoms with Gasteiger partial charge in [-0.25, -0.2) is 4.99 Å². The second kappa shape index (κ2) is 5.34. The van der Waals surface area contributed by atoms with Gasteiger partial charge in [-0.15, -0.1) is 0 Å². The predicted octanol–water partition coefficient (Wildman–Crippen LogP) is -0.727. The van der Waals surface area contributed by atoms with Crippen LogP contribution in [0.2, 0.25) is 0 Å². The third kappa shape index (κ3) is 2.45. The SMILES string of the molecule is OCC(CO)(CO)NC1=NCc2ccccc2N1. The molecule has 2 rings (SSSR count). The van der Waals surface area contributed by atoms with Crippen molar-refractivity contribution in [2.75, 3.05) is 25.1 Å². The lowest BCUT2D eigenvalue weighted by Crippen LogP contribution is -2.58. The van der Waals surface area contributed by atoms with E-state index in [1.54, 1.807) is 0 Å². The van der Waals surface area contributed by atoms with E-state index in [1.165, 1.54) is 0 Å². The second-order valence-corrected chi connectivity index (χ2v) is 4.33. The minimum absolute atomic E-state index is 0.387. The molecule has 0 bridgehead atoms. The van der Waals surface area contributed by atoms with Crippen LogP contribution in [0.5, 0.6) is 0 Å². The first kappa shape index (κ1) is 12.8. The highest BCUT2D eigenvalue weighted by Gasteiger charge is 2.29. The van der Waals surface area contributed by atoms with Crippen LogP contribution in [0.15, 0.2) is 29.3 Å². The number of aliphatic hydroxyl groups excluding tert-OH is 3. The summed E-state index contributed by atoms with van der Waals surface area (Å²) in [5, 5.41) is 33.6. The number of nitrogens with one attached hydrogen (secondary N) is 2. The van der Waals surface area contributed by atoms with E-state index in [9.17, 15) is 15.3 Å². The average Bonchev–Trinajstić information content (AvgIpc) is 2.45. The van der Waals surface area contributed by atoms with Gasteiger partial charge in [-0.1, -0.05) is 18.2 Å². The smallest absolute Gasteiger partial charge is 0.196 e. The van der Waals surface area contributed by atoms with Crippen LogP contribution < -0.4 is 10.6 Å². The van der Waals surface area contributed by atoms with Crippen molar-refractivity contribution in [1.29, 1.82) is 0 Å². The fourth-order valence-corrected chi connectivity index (χ4v) is 1.70. The molecule has 0 aliphatic carbocycles. The van der Waals surface area contributed by atoms with Crippen LogP contribution in [-0.4, -0.2) is 46.6 Å². The van der Waals surface area contributed by atoms with Crippen molar-refractivity contribution in [1.82, 2.24) is 5.32 Å². The van der Waals surface area contributed by atoms with Crippen LogP contribution in [0.1, 0.15) is 5.56 Å². The molecule has 6 heteroatoms. The number of para-hydroxylation sites is 1. The van der Waals surface area contributed by atoms with Crippen molar-refractivity contribution < 1.29 is 15.3 Å². The van der Waals surface area contributed by atoms with Crippen molar-refractivity contribution in [3.63, 3.8) is 0 Å². The summed E-state index contributed by atoms with van der Waals surface area (Å²) in [6, 6.07) is 7.74. The third-order valence-electron chi connectivity index (χ3n) is 2.97.